The van der Waals surface area contributed by atoms with E-state index in [2.05, 4.69) is 5.32 Å². The predicted molar refractivity (Wildman–Crippen MR) is 92.5 cm³/mol. The summed E-state index contributed by atoms with van der Waals surface area (Å²) in [4.78, 5) is 24.5. The van der Waals surface area contributed by atoms with E-state index in [9.17, 15) is 9.59 Å². The van der Waals surface area contributed by atoms with Gasteiger partial charge in [0.05, 0.1) is 13.7 Å². The molecule has 1 amide bonds. The molecule has 0 spiro atoms. The van der Waals surface area contributed by atoms with Crippen LogP contribution in [0.3, 0.4) is 0 Å². The van der Waals surface area contributed by atoms with Crippen LogP contribution in [0.25, 0.3) is 0 Å². The minimum Gasteiger partial charge on any atom is -0.493 e. The second-order valence-electron chi connectivity index (χ2n) is 5.50. The van der Waals surface area contributed by atoms with Crippen LogP contribution < -0.4 is 10.1 Å². The number of carbonyl (C=O) groups is 2. The molecule has 0 saturated carbocycles. The van der Waals surface area contributed by atoms with Crippen LogP contribution in [0, 0.1) is 0 Å². The standard InChI is InChI=1S/C18H27NO5/c1-6-11-18(4,24-8-3)17(21)19-13-9-10-15(23-7-2)14(12-13)16(20)22-5/h9-10,12H,6-8,11H2,1-5H3,(H,19,21)/t18-/m0/s1. The van der Waals surface area contributed by atoms with E-state index in [0.29, 0.717) is 31.1 Å². The topological polar surface area (TPSA) is 73.9 Å². The Morgan fingerprint density at radius 2 is 1.88 bits per heavy atom. The highest BCUT2D eigenvalue weighted by molar-refractivity contribution is 5.99. The molecule has 1 atom stereocenters. The Bertz CT molecular complexity index is 565. The first-order valence-electron chi connectivity index (χ1n) is 8.22. The highest BCUT2D eigenvalue weighted by atomic mass is 16.5. The maximum Gasteiger partial charge on any atom is 0.341 e. The second-order valence-corrected chi connectivity index (χ2v) is 5.50. The zero-order valence-electron chi connectivity index (χ0n) is 15.1. The van der Waals surface area contributed by atoms with Gasteiger partial charge in [-0.2, -0.15) is 0 Å². The third-order valence-electron chi connectivity index (χ3n) is 3.61. The van der Waals surface area contributed by atoms with E-state index in [1.807, 2.05) is 20.8 Å². The molecule has 6 nitrogen and oxygen atoms in total. The van der Waals surface area contributed by atoms with Crippen molar-refractivity contribution in [1.82, 2.24) is 0 Å². The maximum absolute atomic E-state index is 12.6. The molecule has 1 aromatic rings. The molecule has 6 heteroatoms. The van der Waals surface area contributed by atoms with Gasteiger partial charge in [0.25, 0.3) is 5.91 Å². The highest BCUT2D eigenvalue weighted by Crippen LogP contribution is 2.26. The zero-order valence-corrected chi connectivity index (χ0v) is 15.1. The molecular weight excluding hydrogens is 310 g/mol. The molecule has 0 saturated heterocycles. The molecule has 0 heterocycles. The van der Waals surface area contributed by atoms with Gasteiger partial charge in [0.2, 0.25) is 0 Å². The van der Waals surface area contributed by atoms with Crippen molar-refractivity contribution in [2.75, 3.05) is 25.6 Å². The van der Waals surface area contributed by atoms with E-state index in [0.717, 1.165) is 6.42 Å². The van der Waals surface area contributed by atoms with Crippen molar-refractivity contribution in [2.45, 2.75) is 46.1 Å². The van der Waals surface area contributed by atoms with Gasteiger partial charge in [-0.3, -0.25) is 4.79 Å². The van der Waals surface area contributed by atoms with E-state index >= 15 is 0 Å². The van der Waals surface area contributed by atoms with Gasteiger partial charge in [0.15, 0.2) is 0 Å². The van der Waals surface area contributed by atoms with Crippen LogP contribution in [0.1, 0.15) is 50.9 Å². The Morgan fingerprint density at radius 1 is 1.17 bits per heavy atom. The second kappa shape index (κ2) is 9.27. The van der Waals surface area contributed by atoms with Crippen molar-refractivity contribution in [1.29, 1.82) is 0 Å². The summed E-state index contributed by atoms with van der Waals surface area (Å²) in [6, 6.07) is 4.88. The van der Waals surface area contributed by atoms with E-state index in [1.54, 1.807) is 25.1 Å². The number of anilines is 1. The van der Waals surface area contributed by atoms with Crippen LogP contribution in [0.5, 0.6) is 5.75 Å². The predicted octanol–water partition coefficient (Wildman–Crippen LogP) is 3.41. The molecule has 0 aromatic heterocycles. The first-order valence-corrected chi connectivity index (χ1v) is 8.22. The summed E-state index contributed by atoms with van der Waals surface area (Å²) in [6.45, 7) is 8.32. The number of rotatable bonds is 9. The summed E-state index contributed by atoms with van der Waals surface area (Å²) in [7, 11) is 1.30. The third-order valence-corrected chi connectivity index (χ3v) is 3.61. The molecule has 1 aromatic carbocycles. The number of hydrogen-bond acceptors (Lipinski definition) is 5. The van der Waals surface area contributed by atoms with E-state index in [4.69, 9.17) is 14.2 Å². The number of methoxy groups -OCH3 is 1. The number of esters is 1. The number of hydrogen-bond donors (Lipinski definition) is 1. The van der Waals surface area contributed by atoms with E-state index in [-0.39, 0.29) is 11.5 Å². The molecule has 24 heavy (non-hydrogen) atoms. The fourth-order valence-corrected chi connectivity index (χ4v) is 2.47. The molecule has 1 rings (SSSR count). The van der Waals surface area contributed by atoms with Gasteiger partial charge in [0, 0.05) is 12.3 Å². The quantitative estimate of drug-likeness (QED) is 0.699. The van der Waals surface area contributed by atoms with Crippen LogP contribution in [0.2, 0.25) is 0 Å². The number of carbonyl (C=O) groups excluding carboxylic acids is 2. The lowest BCUT2D eigenvalue weighted by Crippen LogP contribution is -2.42. The van der Waals surface area contributed by atoms with Gasteiger partial charge in [-0.15, -0.1) is 0 Å². The van der Waals surface area contributed by atoms with E-state index in [1.165, 1.54) is 7.11 Å². The molecule has 134 valence electrons. The van der Waals surface area contributed by atoms with Crippen molar-refractivity contribution < 1.29 is 23.8 Å². The first-order chi connectivity index (χ1) is 11.4. The molecule has 0 radical (unpaired) electrons. The third kappa shape index (κ3) is 4.96. The van der Waals surface area contributed by atoms with Gasteiger partial charge in [-0.1, -0.05) is 13.3 Å². The molecule has 0 fully saturated rings. The lowest BCUT2D eigenvalue weighted by Gasteiger charge is -2.28. The summed E-state index contributed by atoms with van der Waals surface area (Å²) in [6.07, 6.45) is 1.42. The molecule has 0 aliphatic rings. The molecular formula is C18H27NO5. The Kier molecular flexibility index (Phi) is 7.71. The van der Waals surface area contributed by atoms with Gasteiger partial charge in [-0.05, 0) is 45.4 Å². The summed E-state index contributed by atoms with van der Waals surface area (Å²) >= 11 is 0. The fourth-order valence-electron chi connectivity index (χ4n) is 2.47. The maximum atomic E-state index is 12.6. The lowest BCUT2D eigenvalue weighted by molar-refractivity contribution is -0.139. The van der Waals surface area contributed by atoms with Gasteiger partial charge < -0.3 is 19.5 Å². The minimum absolute atomic E-state index is 0.244. The van der Waals surface area contributed by atoms with Crippen molar-refractivity contribution in [3.05, 3.63) is 23.8 Å². The van der Waals surface area contributed by atoms with Crippen molar-refractivity contribution >= 4 is 17.6 Å². The average molecular weight is 337 g/mol. The Hall–Kier alpha value is -2.08. The summed E-state index contributed by atoms with van der Waals surface area (Å²) in [5, 5.41) is 2.81. The van der Waals surface area contributed by atoms with Gasteiger partial charge >= 0.3 is 5.97 Å². The van der Waals surface area contributed by atoms with Crippen LogP contribution in [0.4, 0.5) is 5.69 Å². The SMILES string of the molecule is CCC[C@](C)(OCC)C(=O)Nc1ccc(OCC)c(C(=O)OC)c1. The number of amides is 1. The van der Waals surface area contributed by atoms with Crippen LogP contribution in [-0.4, -0.2) is 37.8 Å². The normalized spacial score (nSPS) is 13.0. The van der Waals surface area contributed by atoms with Crippen LogP contribution in [0.15, 0.2) is 18.2 Å². The summed E-state index contributed by atoms with van der Waals surface area (Å²) < 4.78 is 15.8. The molecule has 0 aliphatic carbocycles. The summed E-state index contributed by atoms with van der Waals surface area (Å²) in [5.41, 5.74) is -0.148. The minimum atomic E-state index is -0.909. The monoisotopic (exact) mass is 337 g/mol. The fraction of sp³-hybridized carbons (Fsp3) is 0.556. The smallest absolute Gasteiger partial charge is 0.341 e. The molecule has 1 N–H and O–H groups in total. The highest BCUT2D eigenvalue weighted by Gasteiger charge is 2.33. The first kappa shape index (κ1) is 20.0. The van der Waals surface area contributed by atoms with Crippen LogP contribution in [-0.2, 0) is 14.3 Å². The molecule has 0 aliphatic heterocycles. The van der Waals surface area contributed by atoms with E-state index < -0.39 is 11.6 Å². The van der Waals surface area contributed by atoms with Crippen molar-refractivity contribution in [2.24, 2.45) is 0 Å². The largest absolute Gasteiger partial charge is 0.493 e. The summed E-state index contributed by atoms with van der Waals surface area (Å²) in [5.74, 6) is -0.342. The van der Waals surface area contributed by atoms with Crippen LogP contribution >= 0.6 is 0 Å². The molecule has 0 unspecified atom stereocenters. The van der Waals surface area contributed by atoms with Gasteiger partial charge in [-0.25, -0.2) is 4.79 Å². The lowest BCUT2D eigenvalue weighted by atomic mass is 9.99. The number of nitrogens with one attached hydrogen (secondary N) is 1. The average Bonchev–Trinajstić information content (AvgIpc) is 2.56. The number of ether oxygens (including phenoxy) is 3. The van der Waals surface area contributed by atoms with Crippen molar-refractivity contribution in [3.63, 3.8) is 0 Å². The molecule has 0 bridgehead atoms. The Labute approximate surface area is 143 Å². The van der Waals surface area contributed by atoms with Crippen molar-refractivity contribution in [3.8, 4) is 5.75 Å². The zero-order chi connectivity index (χ0) is 18.2. The van der Waals surface area contributed by atoms with Gasteiger partial charge in [0.1, 0.15) is 16.9 Å². The Morgan fingerprint density at radius 3 is 2.42 bits per heavy atom. The Balaban J connectivity index is 3.05. The number of benzene rings is 1.